The quantitative estimate of drug-likeness (QED) is 0.294. The van der Waals surface area contributed by atoms with Gasteiger partial charge in [-0.05, 0) is 11.6 Å². The maximum atomic E-state index is 10.2. The summed E-state index contributed by atoms with van der Waals surface area (Å²) in [5, 5.41) is 8.59. The van der Waals surface area contributed by atoms with Gasteiger partial charge in [-0.1, -0.05) is 12.1 Å². The zero-order valence-corrected chi connectivity index (χ0v) is 8.38. The molecule has 1 aromatic rings. The summed E-state index contributed by atoms with van der Waals surface area (Å²) < 4.78 is 0. The van der Waals surface area contributed by atoms with Crippen LogP contribution in [0.2, 0.25) is 0 Å². The predicted molar refractivity (Wildman–Crippen MR) is 56.3 cm³/mol. The number of nitrogens with two attached hydrogens (primary N) is 1. The van der Waals surface area contributed by atoms with Crippen molar-refractivity contribution in [1.82, 2.24) is 5.48 Å². The van der Waals surface area contributed by atoms with Crippen molar-refractivity contribution >= 4 is 23.7 Å². The van der Waals surface area contributed by atoms with Gasteiger partial charge in [0, 0.05) is 17.1 Å². The number of thioether (sulfide) groups is 1. The molecule has 0 bridgehead atoms. The Labute approximate surface area is 86.4 Å². The molecule has 14 heavy (non-hydrogen) atoms. The Kier molecular flexibility index (Phi) is 4.45. The maximum absolute atomic E-state index is 10.2. The summed E-state index contributed by atoms with van der Waals surface area (Å²) in [6.45, 7) is 0.326. The number of carbonyl (C=O) groups excluding carboxylic acids is 1. The number of nitrogens with one attached hydrogen (secondary N) is 1. The first-order chi connectivity index (χ1) is 6.79. The molecule has 0 aromatic heterocycles. The molecule has 0 aliphatic carbocycles. The van der Waals surface area contributed by atoms with Crippen molar-refractivity contribution < 1.29 is 10.0 Å². The molecule has 0 saturated carbocycles. The second-order valence-electron chi connectivity index (χ2n) is 2.65. The number of carbonyl (C=O) groups is 1. The fourth-order valence-electron chi connectivity index (χ4n) is 1.12. The molecule has 0 unspecified atom stereocenters. The van der Waals surface area contributed by atoms with Crippen LogP contribution in [0.15, 0.2) is 23.1 Å². The first-order valence-electron chi connectivity index (χ1n) is 4.10. The highest BCUT2D eigenvalue weighted by Crippen LogP contribution is 2.28. The minimum absolute atomic E-state index is 0.326. The second kappa shape index (κ2) is 5.64. The minimum Gasteiger partial charge on any atom is -0.398 e. The normalized spacial score (nSPS) is 10.1. The molecule has 0 radical (unpaired) electrons. The number of rotatable bonds is 5. The summed E-state index contributed by atoms with van der Waals surface area (Å²) in [6, 6.07) is 5.44. The molecule has 4 nitrogen and oxygen atoms in total. The molecule has 5 heteroatoms. The van der Waals surface area contributed by atoms with E-state index in [1.54, 1.807) is 6.07 Å². The van der Waals surface area contributed by atoms with Gasteiger partial charge in [-0.25, -0.2) is 5.48 Å². The van der Waals surface area contributed by atoms with Crippen LogP contribution < -0.4 is 11.2 Å². The van der Waals surface area contributed by atoms with Crippen LogP contribution in [0.1, 0.15) is 5.56 Å². The van der Waals surface area contributed by atoms with Gasteiger partial charge in [0.15, 0.2) is 0 Å². The van der Waals surface area contributed by atoms with Crippen LogP contribution in [-0.2, 0) is 11.3 Å². The van der Waals surface area contributed by atoms with Crippen molar-refractivity contribution in [1.29, 1.82) is 0 Å². The molecule has 0 saturated heterocycles. The van der Waals surface area contributed by atoms with Gasteiger partial charge < -0.3 is 15.7 Å². The van der Waals surface area contributed by atoms with E-state index in [2.05, 4.69) is 5.48 Å². The van der Waals surface area contributed by atoms with E-state index in [1.165, 1.54) is 11.8 Å². The van der Waals surface area contributed by atoms with Crippen LogP contribution in [0.4, 0.5) is 5.69 Å². The number of aldehydes is 1. The van der Waals surface area contributed by atoms with Gasteiger partial charge in [-0.15, -0.1) is 11.8 Å². The van der Waals surface area contributed by atoms with Crippen molar-refractivity contribution in [2.45, 2.75) is 11.4 Å². The number of nitrogen functional groups attached to an aromatic ring is 1. The number of hydrogen-bond donors (Lipinski definition) is 3. The molecular formula is C9H12N2O2S. The standard InChI is InChI=1S/C9H12N2O2S/c10-8-3-1-2-7(6-11-13)9(8)14-5-4-12/h1-4,11,13H,5-6,10H2. The second-order valence-corrected chi connectivity index (χ2v) is 3.68. The predicted octanol–water partition coefficient (Wildman–Crippen LogP) is 1.04. The molecule has 1 rings (SSSR count). The smallest absolute Gasteiger partial charge is 0.130 e. The van der Waals surface area contributed by atoms with Gasteiger partial charge in [0.2, 0.25) is 0 Å². The summed E-state index contributed by atoms with van der Waals surface area (Å²) in [7, 11) is 0. The van der Waals surface area contributed by atoms with E-state index in [9.17, 15) is 4.79 Å². The first-order valence-corrected chi connectivity index (χ1v) is 5.09. The fourth-order valence-corrected chi connectivity index (χ4v) is 1.92. The van der Waals surface area contributed by atoms with Crippen molar-refractivity contribution in [3.05, 3.63) is 23.8 Å². The van der Waals surface area contributed by atoms with Crippen molar-refractivity contribution in [3.8, 4) is 0 Å². The Bertz CT molecular complexity index is 318. The van der Waals surface area contributed by atoms with Crippen LogP contribution in [0.3, 0.4) is 0 Å². The van der Waals surface area contributed by atoms with Crippen LogP contribution in [0, 0.1) is 0 Å². The molecular weight excluding hydrogens is 200 g/mol. The average Bonchev–Trinajstić information content (AvgIpc) is 2.18. The minimum atomic E-state index is 0.326. The summed E-state index contributed by atoms with van der Waals surface area (Å²) in [5.74, 6) is 0.368. The van der Waals surface area contributed by atoms with Gasteiger partial charge in [-0.2, -0.15) is 0 Å². The number of hydrogen-bond acceptors (Lipinski definition) is 5. The number of hydroxylamine groups is 1. The third-order valence-electron chi connectivity index (χ3n) is 1.69. The maximum Gasteiger partial charge on any atom is 0.130 e. The van der Waals surface area contributed by atoms with E-state index in [0.717, 1.165) is 16.7 Å². The van der Waals surface area contributed by atoms with Crippen molar-refractivity contribution in [2.75, 3.05) is 11.5 Å². The highest BCUT2D eigenvalue weighted by molar-refractivity contribution is 8.00. The Morgan fingerprint density at radius 1 is 1.57 bits per heavy atom. The molecule has 0 fully saturated rings. The Morgan fingerprint density at radius 2 is 2.36 bits per heavy atom. The van der Waals surface area contributed by atoms with Crippen LogP contribution in [0.5, 0.6) is 0 Å². The average molecular weight is 212 g/mol. The SMILES string of the molecule is Nc1cccc(CNO)c1SCC=O. The van der Waals surface area contributed by atoms with E-state index in [4.69, 9.17) is 10.9 Å². The van der Waals surface area contributed by atoms with Gasteiger partial charge >= 0.3 is 0 Å². The molecule has 0 atom stereocenters. The Morgan fingerprint density at radius 3 is 3.00 bits per heavy atom. The number of benzene rings is 1. The molecule has 0 spiro atoms. The zero-order chi connectivity index (χ0) is 10.4. The van der Waals surface area contributed by atoms with Crippen LogP contribution in [-0.4, -0.2) is 17.2 Å². The molecule has 0 amide bonds. The molecule has 1 aromatic carbocycles. The lowest BCUT2D eigenvalue weighted by molar-refractivity contribution is -0.105. The fraction of sp³-hybridized carbons (Fsp3) is 0.222. The van der Waals surface area contributed by atoms with E-state index < -0.39 is 0 Å². The largest absolute Gasteiger partial charge is 0.398 e. The zero-order valence-electron chi connectivity index (χ0n) is 7.56. The van der Waals surface area contributed by atoms with Gasteiger partial charge in [-0.3, -0.25) is 0 Å². The summed E-state index contributed by atoms with van der Waals surface area (Å²) in [5.41, 5.74) is 9.33. The molecule has 0 aliphatic rings. The number of anilines is 1. The summed E-state index contributed by atoms with van der Waals surface area (Å²) in [4.78, 5) is 11.1. The third-order valence-corrected chi connectivity index (χ3v) is 2.78. The molecule has 0 heterocycles. The van der Waals surface area contributed by atoms with Crippen molar-refractivity contribution in [2.24, 2.45) is 0 Å². The van der Waals surface area contributed by atoms with E-state index >= 15 is 0 Å². The van der Waals surface area contributed by atoms with Gasteiger partial charge in [0.1, 0.15) is 6.29 Å². The summed E-state index contributed by atoms with van der Waals surface area (Å²) >= 11 is 1.37. The summed E-state index contributed by atoms with van der Waals surface area (Å²) in [6.07, 6.45) is 0.827. The third kappa shape index (κ3) is 2.73. The monoisotopic (exact) mass is 212 g/mol. The van der Waals surface area contributed by atoms with Gasteiger partial charge in [0.05, 0.1) is 5.75 Å². The van der Waals surface area contributed by atoms with Crippen LogP contribution in [0.25, 0.3) is 0 Å². The van der Waals surface area contributed by atoms with Crippen molar-refractivity contribution in [3.63, 3.8) is 0 Å². The lowest BCUT2D eigenvalue weighted by Gasteiger charge is -2.09. The van der Waals surface area contributed by atoms with E-state index in [-0.39, 0.29) is 0 Å². The lowest BCUT2D eigenvalue weighted by atomic mass is 10.2. The highest BCUT2D eigenvalue weighted by atomic mass is 32.2. The molecule has 0 aliphatic heterocycles. The Balaban J connectivity index is 2.89. The molecule has 4 N–H and O–H groups in total. The topological polar surface area (TPSA) is 75.3 Å². The Hall–Kier alpha value is -1.04. The first kappa shape index (κ1) is 11.0. The van der Waals surface area contributed by atoms with E-state index in [1.807, 2.05) is 12.1 Å². The highest BCUT2D eigenvalue weighted by Gasteiger charge is 2.05. The van der Waals surface area contributed by atoms with Gasteiger partial charge in [0.25, 0.3) is 0 Å². The molecule has 76 valence electrons. The lowest BCUT2D eigenvalue weighted by Crippen LogP contribution is -2.08. The van der Waals surface area contributed by atoms with E-state index in [0.29, 0.717) is 18.0 Å². The van der Waals surface area contributed by atoms with Crippen LogP contribution >= 0.6 is 11.8 Å².